The van der Waals surface area contributed by atoms with E-state index in [-0.39, 0.29) is 36.4 Å². The third kappa shape index (κ3) is 9.33. The molecule has 1 heterocycles. The van der Waals surface area contributed by atoms with E-state index in [1.54, 1.807) is 19.0 Å². The number of likely N-dealkylation sites (tertiary alicyclic amines) is 1. The van der Waals surface area contributed by atoms with E-state index in [0.29, 0.717) is 6.04 Å². The molecular weight excluding hydrogens is 477 g/mol. The average molecular weight is 515 g/mol. The predicted molar refractivity (Wildman–Crippen MR) is 132 cm³/mol. The molecule has 7 heteroatoms. The van der Waals surface area contributed by atoms with Crippen molar-refractivity contribution in [1.29, 1.82) is 0 Å². The van der Waals surface area contributed by atoms with Gasteiger partial charge in [-0.25, -0.2) is 4.99 Å². The molecule has 0 bridgehead atoms. The zero-order valence-corrected chi connectivity index (χ0v) is 20.7. The van der Waals surface area contributed by atoms with Crippen LogP contribution in [-0.4, -0.2) is 68.0 Å². The van der Waals surface area contributed by atoms with E-state index in [1.807, 2.05) is 0 Å². The molecule has 164 valence electrons. The molecule has 1 aliphatic heterocycles. The molecule has 2 rings (SSSR count). The van der Waals surface area contributed by atoms with Crippen LogP contribution in [0.25, 0.3) is 0 Å². The molecule has 0 aliphatic carbocycles. The fourth-order valence-electron chi connectivity index (χ4n) is 3.28. The van der Waals surface area contributed by atoms with Gasteiger partial charge < -0.3 is 15.5 Å². The number of carbonyl (C=O) groups excluding carboxylic acids is 1. The smallest absolute Gasteiger partial charge is 0.243 e. The second-order valence-electron chi connectivity index (χ2n) is 7.85. The standard InChI is InChI=1S/C22H37N5O.HI/c1-5-6-13-23-22(24-16-21(28)26(3)4)25-20-11-14-27(15-12-20)17-19-10-8-7-9-18(19)2;/h7-10,20H,5-6,11-17H2,1-4H3,(H2,23,24,25);1H. The first kappa shape index (κ1) is 25.7. The van der Waals surface area contributed by atoms with Gasteiger partial charge in [0, 0.05) is 46.3 Å². The van der Waals surface area contributed by atoms with Crippen molar-refractivity contribution in [2.75, 3.05) is 40.3 Å². The van der Waals surface area contributed by atoms with Crippen LogP contribution in [-0.2, 0) is 11.3 Å². The number of halogens is 1. The van der Waals surface area contributed by atoms with E-state index in [9.17, 15) is 4.79 Å². The Morgan fingerprint density at radius 3 is 2.55 bits per heavy atom. The number of hydrogen-bond acceptors (Lipinski definition) is 3. The number of rotatable bonds is 8. The van der Waals surface area contributed by atoms with Gasteiger partial charge in [0.15, 0.2) is 5.96 Å². The van der Waals surface area contributed by atoms with E-state index in [4.69, 9.17) is 0 Å². The third-order valence-electron chi connectivity index (χ3n) is 5.28. The highest BCUT2D eigenvalue weighted by Crippen LogP contribution is 2.16. The maximum atomic E-state index is 11.9. The van der Waals surface area contributed by atoms with Crippen molar-refractivity contribution >= 4 is 35.8 Å². The maximum Gasteiger partial charge on any atom is 0.243 e. The minimum absolute atomic E-state index is 0. The summed E-state index contributed by atoms with van der Waals surface area (Å²) in [6.07, 6.45) is 4.40. The van der Waals surface area contributed by atoms with Crippen LogP contribution in [0.1, 0.15) is 43.7 Å². The third-order valence-corrected chi connectivity index (χ3v) is 5.28. The van der Waals surface area contributed by atoms with Gasteiger partial charge >= 0.3 is 0 Å². The highest BCUT2D eigenvalue weighted by atomic mass is 127. The van der Waals surface area contributed by atoms with Crippen molar-refractivity contribution in [1.82, 2.24) is 20.4 Å². The van der Waals surface area contributed by atoms with Gasteiger partial charge in [0.05, 0.1) is 0 Å². The summed E-state index contributed by atoms with van der Waals surface area (Å²) in [6.45, 7) is 8.59. The summed E-state index contributed by atoms with van der Waals surface area (Å²) in [5.41, 5.74) is 2.78. The Kier molecular flexibility index (Phi) is 12.2. The SMILES string of the molecule is CCCCNC(=NCC(=O)N(C)C)NC1CCN(Cc2ccccc2C)CC1.I. The minimum Gasteiger partial charge on any atom is -0.356 e. The lowest BCUT2D eigenvalue weighted by molar-refractivity contribution is -0.127. The normalized spacial score (nSPS) is 15.5. The number of nitrogens with one attached hydrogen (secondary N) is 2. The van der Waals surface area contributed by atoms with E-state index in [0.717, 1.165) is 57.8 Å². The van der Waals surface area contributed by atoms with Crippen molar-refractivity contribution in [2.24, 2.45) is 4.99 Å². The van der Waals surface area contributed by atoms with Crippen molar-refractivity contribution in [3.63, 3.8) is 0 Å². The average Bonchev–Trinajstić information content (AvgIpc) is 2.69. The lowest BCUT2D eigenvalue weighted by Gasteiger charge is -2.33. The quantitative estimate of drug-likeness (QED) is 0.242. The molecule has 2 N–H and O–H groups in total. The van der Waals surface area contributed by atoms with Crippen LogP contribution >= 0.6 is 24.0 Å². The molecule has 1 saturated heterocycles. The molecule has 0 unspecified atom stereocenters. The van der Waals surface area contributed by atoms with Crippen molar-refractivity contribution in [3.05, 3.63) is 35.4 Å². The number of likely N-dealkylation sites (N-methyl/N-ethyl adjacent to an activating group) is 1. The summed E-state index contributed by atoms with van der Waals surface area (Å²) in [5.74, 6) is 0.783. The fraction of sp³-hybridized carbons (Fsp3) is 0.636. The molecule has 1 aromatic rings. The number of carbonyl (C=O) groups is 1. The van der Waals surface area contributed by atoms with E-state index < -0.39 is 0 Å². The van der Waals surface area contributed by atoms with E-state index in [1.165, 1.54) is 11.1 Å². The maximum absolute atomic E-state index is 11.9. The molecular formula is C22H38IN5O. The van der Waals surface area contributed by atoms with Gasteiger partial charge in [-0.15, -0.1) is 24.0 Å². The summed E-state index contributed by atoms with van der Waals surface area (Å²) in [5, 5.41) is 6.92. The minimum atomic E-state index is 0. The van der Waals surface area contributed by atoms with Crippen LogP contribution in [0, 0.1) is 6.92 Å². The Morgan fingerprint density at radius 2 is 1.93 bits per heavy atom. The molecule has 0 aromatic heterocycles. The van der Waals surface area contributed by atoms with Crippen molar-refractivity contribution < 1.29 is 4.79 Å². The number of piperidine rings is 1. The summed E-state index contributed by atoms with van der Waals surface area (Å²) >= 11 is 0. The summed E-state index contributed by atoms with van der Waals surface area (Å²) < 4.78 is 0. The summed E-state index contributed by atoms with van der Waals surface area (Å²) in [6, 6.07) is 9.03. The second kappa shape index (κ2) is 13.8. The number of hydrogen-bond donors (Lipinski definition) is 2. The fourth-order valence-corrected chi connectivity index (χ4v) is 3.28. The first-order chi connectivity index (χ1) is 13.5. The summed E-state index contributed by atoms with van der Waals surface area (Å²) in [7, 11) is 3.53. The van der Waals surface area contributed by atoms with Gasteiger partial charge in [-0.3, -0.25) is 9.69 Å². The molecule has 29 heavy (non-hydrogen) atoms. The molecule has 6 nitrogen and oxygen atoms in total. The molecule has 1 fully saturated rings. The number of unbranched alkanes of at least 4 members (excludes halogenated alkanes) is 1. The lowest BCUT2D eigenvalue weighted by Crippen LogP contribution is -2.49. The zero-order valence-electron chi connectivity index (χ0n) is 18.4. The zero-order chi connectivity index (χ0) is 20.4. The van der Waals surface area contributed by atoms with Crippen LogP contribution in [0.4, 0.5) is 0 Å². The first-order valence-electron chi connectivity index (χ1n) is 10.5. The van der Waals surface area contributed by atoms with E-state index >= 15 is 0 Å². The second-order valence-corrected chi connectivity index (χ2v) is 7.85. The Morgan fingerprint density at radius 1 is 1.24 bits per heavy atom. The monoisotopic (exact) mass is 515 g/mol. The summed E-state index contributed by atoms with van der Waals surface area (Å²) in [4.78, 5) is 20.5. The van der Waals surface area contributed by atoms with Crippen LogP contribution in [0.3, 0.4) is 0 Å². The van der Waals surface area contributed by atoms with Gasteiger partial charge in [-0.2, -0.15) is 0 Å². The molecule has 0 spiro atoms. The van der Waals surface area contributed by atoms with Gasteiger partial charge in [0.2, 0.25) is 5.91 Å². The van der Waals surface area contributed by atoms with E-state index in [2.05, 4.69) is 58.6 Å². The molecule has 1 amide bonds. The highest BCUT2D eigenvalue weighted by Gasteiger charge is 2.20. The molecule has 0 radical (unpaired) electrons. The number of guanidine groups is 1. The molecule has 1 aliphatic rings. The predicted octanol–water partition coefficient (Wildman–Crippen LogP) is 3.00. The first-order valence-corrected chi connectivity index (χ1v) is 10.5. The van der Waals surface area contributed by atoms with Gasteiger partial charge in [0.1, 0.15) is 6.54 Å². The van der Waals surface area contributed by atoms with Crippen LogP contribution in [0.5, 0.6) is 0 Å². The number of aryl methyl sites for hydroxylation is 1. The Balaban J connectivity index is 0.00000420. The van der Waals surface area contributed by atoms with Crippen LogP contribution in [0.15, 0.2) is 29.3 Å². The Labute approximate surface area is 193 Å². The lowest BCUT2D eigenvalue weighted by atomic mass is 10.0. The van der Waals surface area contributed by atoms with Gasteiger partial charge in [-0.1, -0.05) is 37.6 Å². The van der Waals surface area contributed by atoms with Crippen LogP contribution < -0.4 is 10.6 Å². The van der Waals surface area contributed by atoms with Gasteiger partial charge in [0.25, 0.3) is 0 Å². The van der Waals surface area contributed by atoms with Crippen LogP contribution in [0.2, 0.25) is 0 Å². The van der Waals surface area contributed by atoms with Gasteiger partial charge in [-0.05, 0) is 37.3 Å². The Bertz CT molecular complexity index is 642. The molecule has 0 atom stereocenters. The highest BCUT2D eigenvalue weighted by molar-refractivity contribution is 14.0. The molecule has 0 saturated carbocycles. The molecule has 1 aromatic carbocycles. The number of aliphatic imine (C=N–C) groups is 1. The topological polar surface area (TPSA) is 60.0 Å². The van der Waals surface area contributed by atoms with Crippen molar-refractivity contribution in [3.8, 4) is 0 Å². The Hall–Kier alpha value is -1.35. The number of nitrogens with zero attached hydrogens (tertiary/aromatic N) is 3. The largest absolute Gasteiger partial charge is 0.356 e. The van der Waals surface area contributed by atoms with Crippen molar-refractivity contribution in [2.45, 2.75) is 52.1 Å². The number of amides is 1. The number of benzene rings is 1.